The van der Waals surface area contributed by atoms with Crippen LogP contribution in [0.5, 0.6) is 0 Å². The summed E-state index contributed by atoms with van der Waals surface area (Å²) in [5.74, 6) is -0.947. The van der Waals surface area contributed by atoms with E-state index in [0.29, 0.717) is 12.0 Å². The predicted molar refractivity (Wildman–Crippen MR) is 241 cm³/mol. The van der Waals surface area contributed by atoms with Gasteiger partial charge in [0.1, 0.15) is 6.15 Å². The lowest BCUT2D eigenvalue weighted by atomic mass is 9.12. The van der Waals surface area contributed by atoms with Crippen LogP contribution >= 0.6 is 0 Å². The van der Waals surface area contributed by atoms with Gasteiger partial charge in [0.25, 0.3) is 0 Å². The number of benzene rings is 6. The number of ketones is 1. The zero-order valence-electron chi connectivity index (χ0n) is 40.1. The Morgan fingerprint density at radius 3 is 1.00 bits per heavy atom. The highest BCUT2D eigenvalue weighted by Gasteiger charge is 2.47. The van der Waals surface area contributed by atoms with E-state index in [1.807, 2.05) is 28.8 Å². The number of nitrogens with zero attached hydrogens (tertiary/aromatic N) is 2. The van der Waals surface area contributed by atoms with E-state index >= 15 is 0 Å². The summed E-state index contributed by atoms with van der Waals surface area (Å²) in [6.07, 6.45) is -49.2. The average molecular weight is 1200 g/mol. The maximum atomic E-state index is 14.2. The number of alkyl halides is 24. The topological polar surface area (TPSA) is 71.1 Å². The number of carboxylic acid groups (broad SMARTS) is 1. The predicted octanol–water partition coefficient (Wildman–Crippen LogP) is 13.8. The summed E-state index contributed by atoms with van der Waals surface area (Å²) < 4.78 is 343. The largest absolute Gasteiger partial charge is 0.478 e. The van der Waals surface area contributed by atoms with E-state index in [-0.39, 0.29) is 17.9 Å². The third kappa shape index (κ3) is 14.7. The molecule has 0 bridgehead atoms. The van der Waals surface area contributed by atoms with E-state index < -0.39 is 201 Å². The summed E-state index contributed by atoms with van der Waals surface area (Å²) >= 11 is 0. The lowest BCUT2D eigenvalue weighted by Gasteiger charge is -2.46. The van der Waals surface area contributed by atoms with Crippen LogP contribution in [0.25, 0.3) is 0 Å². The molecule has 0 radical (unpaired) electrons. The second-order valence-electron chi connectivity index (χ2n) is 17.9. The van der Waals surface area contributed by atoms with Gasteiger partial charge in [0.15, 0.2) is 6.20 Å². The minimum Gasteiger partial charge on any atom is -0.478 e. The van der Waals surface area contributed by atoms with Crippen LogP contribution in [-0.2, 0) is 62.4 Å². The number of rotatable bonds is 10. The van der Waals surface area contributed by atoms with Crippen molar-refractivity contribution in [2.75, 3.05) is 0 Å². The summed E-state index contributed by atoms with van der Waals surface area (Å²) in [6, 6.07) is 7.09. The maximum absolute atomic E-state index is 14.2. The molecule has 6 aromatic carbocycles. The minimum atomic E-state index is -6.13. The molecule has 0 unspecified atom stereocenters. The lowest BCUT2D eigenvalue weighted by Crippen LogP contribution is -2.75. The molecule has 1 N–H and O–H groups in total. The summed E-state index contributed by atoms with van der Waals surface area (Å²) in [6.45, 7) is 0.209. The van der Waals surface area contributed by atoms with E-state index in [1.54, 1.807) is 48.9 Å². The van der Waals surface area contributed by atoms with Crippen molar-refractivity contribution in [1.82, 2.24) is 4.98 Å². The smallest absolute Gasteiger partial charge is 0.416 e. The molecule has 1 heterocycles. The van der Waals surface area contributed by atoms with Crippen LogP contribution < -0.4 is 26.4 Å². The van der Waals surface area contributed by atoms with Crippen molar-refractivity contribution < 1.29 is 125 Å². The Bertz CT molecular complexity index is 3050. The Labute approximate surface area is 444 Å². The standard InChI is InChI=1S/C32H12BF24.C20H16N2O3/c34-25(35,36)13-1-14(26(37,38)39)6-21(5-13)33(22-7-15(27(40,41)42)2-16(8-22)28(43,44)45,23-9-17(29(46,47)48)3-18(10-23)30(49,50)51)24-11-19(31(52,53)54)4-20(12-24)32(55,56)57;23-19(16-6-2-1-3-7-16)14-22-10-9-21-13-18(22)12-15-5-4-8-17(11-15)20(24)25/h1-12H;1-11,13H,12,14H2/q-1;/p+1. The highest BCUT2D eigenvalue weighted by molar-refractivity contribution is 7.20. The van der Waals surface area contributed by atoms with Crippen molar-refractivity contribution in [3.05, 3.63) is 213 Å². The number of aromatic nitrogens is 2. The number of Topliss-reactive ketones (excluding diaryl/α,β-unsaturated/α-hetero) is 1. The molecule has 0 aliphatic heterocycles. The number of aromatic carboxylic acids is 1. The number of carbonyl (C=O) groups excluding carboxylic acids is 1. The van der Waals surface area contributed by atoms with E-state index in [1.165, 1.54) is 0 Å². The molecule has 1 aromatic heterocycles. The average Bonchev–Trinajstić information content (AvgIpc) is 1.14. The van der Waals surface area contributed by atoms with Gasteiger partial charge in [-0.2, -0.15) is 132 Å². The molecule has 0 aliphatic carbocycles. The van der Waals surface area contributed by atoms with Gasteiger partial charge < -0.3 is 5.11 Å². The van der Waals surface area contributed by atoms with E-state index in [4.69, 9.17) is 5.11 Å². The fourth-order valence-electron chi connectivity index (χ4n) is 8.68. The molecule has 0 aliphatic rings. The zero-order chi connectivity index (χ0) is 61.6. The highest BCUT2D eigenvalue weighted by atomic mass is 19.4. The molecular weight excluding hydrogens is 1170 g/mol. The molecule has 5 nitrogen and oxygen atoms in total. The number of halogens is 24. The Morgan fingerprint density at radius 1 is 0.402 bits per heavy atom. The minimum absolute atomic E-state index is 0.0114. The highest BCUT2D eigenvalue weighted by Crippen LogP contribution is 2.41. The van der Waals surface area contributed by atoms with Crippen LogP contribution in [0.2, 0.25) is 0 Å². The van der Waals surface area contributed by atoms with Gasteiger partial charge >= 0.3 is 55.4 Å². The third-order valence-corrected chi connectivity index (χ3v) is 12.3. The molecule has 436 valence electrons. The van der Waals surface area contributed by atoms with E-state index in [2.05, 4.69) is 4.98 Å². The first kappa shape index (κ1) is 63.1. The summed E-state index contributed by atoms with van der Waals surface area (Å²) in [5, 5.41) is 9.11. The maximum Gasteiger partial charge on any atom is 0.416 e. The molecule has 0 amide bonds. The van der Waals surface area contributed by atoms with Crippen LogP contribution in [0.3, 0.4) is 0 Å². The molecule has 0 saturated heterocycles. The van der Waals surface area contributed by atoms with Gasteiger partial charge in [-0.1, -0.05) is 91.0 Å². The Balaban J connectivity index is 0.000000357. The fraction of sp³-hybridized carbons (Fsp3) is 0.192. The quantitative estimate of drug-likeness (QED) is 0.0641. The fourth-order valence-corrected chi connectivity index (χ4v) is 8.68. The first-order valence-corrected chi connectivity index (χ1v) is 22.5. The second kappa shape index (κ2) is 22.3. The van der Waals surface area contributed by atoms with Crippen LogP contribution in [0.1, 0.15) is 76.5 Å². The molecule has 7 aromatic rings. The first-order valence-electron chi connectivity index (χ1n) is 22.5. The van der Waals surface area contributed by atoms with Gasteiger partial charge in [0.05, 0.1) is 68.9 Å². The van der Waals surface area contributed by atoms with Crippen molar-refractivity contribution in [2.24, 2.45) is 0 Å². The molecule has 0 atom stereocenters. The van der Waals surface area contributed by atoms with Crippen LogP contribution in [0.4, 0.5) is 105 Å². The van der Waals surface area contributed by atoms with Crippen molar-refractivity contribution >= 4 is 39.7 Å². The van der Waals surface area contributed by atoms with Crippen LogP contribution in [0, 0.1) is 0 Å². The van der Waals surface area contributed by atoms with Gasteiger partial charge in [-0.15, -0.1) is 0 Å². The summed E-state index contributed by atoms with van der Waals surface area (Å²) in [5.41, 5.74) is -27.6. The first-order chi connectivity index (χ1) is 37.4. The number of carboxylic acids is 1. The molecule has 0 spiro atoms. The van der Waals surface area contributed by atoms with E-state index in [9.17, 15) is 115 Å². The molecule has 0 saturated carbocycles. The van der Waals surface area contributed by atoms with E-state index in [0.717, 1.165) is 11.3 Å². The number of hydrogen-bond acceptors (Lipinski definition) is 3. The molecule has 7 rings (SSSR count). The monoisotopic (exact) mass is 1200 g/mol. The van der Waals surface area contributed by atoms with Crippen LogP contribution in [-0.4, -0.2) is 28.0 Å². The molecule has 82 heavy (non-hydrogen) atoms. The summed E-state index contributed by atoms with van der Waals surface area (Å²) in [4.78, 5) is 27.7. The molecule has 0 fully saturated rings. The van der Waals surface area contributed by atoms with Crippen molar-refractivity contribution in [1.29, 1.82) is 0 Å². The summed E-state index contributed by atoms with van der Waals surface area (Å²) in [7, 11) is 0. The number of carbonyl (C=O) groups is 2. The van der Waals surface area contributed by atoms with Gasteiger partial charge in [-0.05, 0) is 42.0 Å². The van der Waals surface area contributed by atoms with Gasteiger partial charge in [-0.3, -0.25) is 9.78 Å². The normalized spacial score (nSPS) is 13.1. The second-order valence-corrected chi connectivity index (χ2v) is 17.9. The van der Waals surface area contributed by atoms with Gasteiger partial charge in [-0.25, -0.2) is 4.79 Å². The van der Waals surface area contributed by atoms with Crippen LogP contribution in [0.15, 0.2) is 146 Å². The van der Waals surface area contributed by atoms with Gasteiger partial charge in [0.2, 0.25) is 18.0 Å². The lowest BCUT2D eigenvalue weighted by molar-refractivity contribution is -0.690. The number of hydrogen-bond donors (Lipinski definition) is 1. The Kier molecular flexibility index (Phi) is 17.2. The Morgan fingerprint density at radius 2 is 0.707 bits per heavy atom. The molecule has 30 heteroatoms. The van der Waals surface area contributed by atoms with Crippen molar-refractivity contribution in [2.45, 2.75) is 62.4 Å². The SMILES string of the molecule is FC(F)(F)c1cc([B-](c2cc(C(F)(F)F)cc(C(F)(F)F)c2)(c2cc(C(F)(F)F)cc(C(F)(F)F)c2)c2cc(C(F)(F)F)cc(C(F)(F)F)c2)cc(C(F)(F)F)c1.O=C(O)c1cccc(Cc2cncc[n+]2CC(=O)c2ccccc2)c1. The Hall–Kier alpha value is -8.08. The van der Waals surface area contributed by atoms with Gasteiger partial charge in [0, 0.05) is 5.56 Å². The third-order valence-electron chi connectivity index (χ3n) is 12.3. The van der Waals surface area contributed by atoms with Crippen molar-refractivity contribution in [3.63, 3.8) is 0 Å². The zero-order valence-corrected chi connectivity index (χ0v) is 40.1. The van der Waals surface area contributed by atoms with Crippen molar-refractivity contribution in [3.8, 4) is 0 Å². The molecular formula is C52H29BF24N2O3.